The van der Waals surface area contributed by atoms with Crippen LogP contribution in [0, 0.1) is 4.77 Å². The smallest absolute Gasteiger partial charge is 0.182 e. The molecule has 3 nitrogen and oxygen atoms in total. The third-order valence-electron chi connectivity index (χ3n) is 3.69. The van der Waals surface area contributed by atoms with E-state index in [2.05, 4.69) is 41.6 Å². The molecule has 0 atom stereocenters. The largest absolute Gasteiger partial charge is 0.497 e. The van der Waals surface area contributed by atoms with E-state index in [9.17, 15) is 0 Å². The molecule has 0 radical (unpaired) electrons. The number of imidazole rings is 1. The number of hydrogen-bond donors (Lipinski definition) is 1. The summed E-state index contributed by atoms with van der Waals surface area (Å²) in [7, 11) is 1.67. The highest BCUT2D eigenvalue weighted by Crippen LogP contribution is 2.28. The zero-order valence-corrected chi connectivity index (χ0v) is 13.2. The maximum absolute atomic E-state index is 5.53. The number of ether oxygens (including phenoxy) is 1. The van der Waals surface area contributed by atoms with E-state index in [1.165, 1.54) is 5.56 Å². The second-order valence-corrected chi connectivity index (χ2v) is 5.75. The fourth-order valence-corrected chi connectivity index (χ4v) is 2.94. The molecule has 0 amide bonds. The first kappa shape index (κ1) is 13.9. The van der Waals surface area contributed by atoms with E-state index < -0.39 is 0 Å². The van der Waals surface area contributed by atoms with Gasteiger partial charge in [0, 0.05) is 6.07 Å². The van der Waals surface area contributed by atoms with Gasteiger partial charge in [0.2, 0.25) is 0 Å². The Morgan fingerprint density at radius 3 is 2.62 bits per heavy atom. The second kappa shape index (κ2) is 5.37. The minimum atomic E-state index is 0.436. The Morgan fingerprint density at radius 2 is 1.90 bits per heavy atom. The summed E-state index contributed by atoms with van der Waals surface area (Å²) in [5, 5.41) is 0. The minimum Gasteiger partial charge on any atom is -0.497 e. The first-order valence-corrected chi connectivity index (χ1v) is 7.40. The van der Waals surface area contributed by atoms with Gasteiger partial charge in [0.1, 0.15) is 5.75 Å². The van der Waals surface area contributed by atoms with Crippen LogP contribution in [0.4, 0.5) is 0 Å². The molecule has 108 valence electrons. The van der Waals surface area contributed by atoms with Crippen LogP contribution in [0.2, 0.25) is 0 Å². The third kappa shape index (κ3) is 2.36. The van der Waals surface area contributed by atoms with Gasteiger partial charge < -0.3 is 9.72 Å². The molecule has 2 aromatic carbocycles. The number of benzene rings is 2. The summed E-state index contributed by atoms with van der Waals surface area (Å²) in [5.41, 5.74) is 4.46. The van der Waals surface area contributed by atoms with Gasteiger partial charge in [-0.3, -0.25) is 4.57 Å². The molecule has 1 aromatic heterocycles. The van der Waals surface area contributed by atoms with E-state index in [0.29, 0.717) is 10.7 Å². The van der Waals surface area contributed by atoms with E-state index in [0.717, 1.165) is 22.5 Å². The summed E-state index contributed by atoms with van der Waals surface area (Å²) < 4.78 is 8.07. The maximum Gasteiger partial charge on any atom is 0.182 e. The summed E-state index contributed by atoms with van der Waals surface area (Å²) >= 11 is 5.53. The average molecular weight is 298 g/mol. The predicted octanol–water partition coefficient (Wildman–Crippen LogP) is 4.82. The third-order valence-corrected chi connectivity index (χ3v) is 3.97. The van der Waals surface area contributed by atoms with Crippen LogP contribution >= 0.6 is 12.2 Å². The van der Waals surface area contributed by atoms with Gasteiger partial charge in [-0.2, -0.15) is 0 Å². The highest BCUT2D eigenvalue weighted by molar-refractivity contribution is 7.71. The highest BCUT2D eigenvalue weighted by Gasteiger charge is 2.12. The zero-order chi connectivity index (χ0) is 15.0. The van der Waals surface area contributed by atoms with Crippen molar-refractivity contribution >= 4 is 23.3 Å². The number of para-hydroxylation sites is 1. The summed E-state index contributed by atoms with van der Waals surface area (Å²) in [5.74, 6) is 1.26. The first-order chi connectivity index (χ1) is 10.1. The molecule has 0 bridgehead atoms. The predicted molar refractivity (Wildman–Crippen MR) is 89.1 cm³/mol. The Bertz CT molecular complexity index is 845. The van der Waals surface area contributed by atoms with Crippen molar-refractivity contribution in [3.63, 3.8) is 0 Å². The van der Waals surface area contributed by atoms with E-state index in [-0.39, 0.29) is 0 Å². The Labute approximate surface area is 129 Å². The highest BCUT2D eigenvalue weighted by atomic mass is 32.1. The average Bonchev–Trinajstić information content (AvgIpc) is 2.81. The summed E-state index contributed by atoms with van der Waals surface area (Å²) in [6, 6.07) is 14.4. The first-order valence-electron chi connectivity index (χ1n) is 7.00. The number of H-pyrrole nitrogens is 1. The van der Waals surface area contributed by atoms with Gasteiger partial charge in [0.25, 0.3) is 0 Å². The van der Waals surface area contributed by atoms with Crippen LogP contribution in [-0.4, -0.2) is 16.7 Å². The fourth-order valence-electron chi connectivity index (χ4n) is 2.64. The fraction of sp³-hybridized carbons (Fsp3) is 0.235. The normalized spacial score (nSPS) is 11.2. The van der Waals surface area contributed by atoms with Crippen molar-refractivity contribution in [3.05, 3.63) is 52.8 Å². The Hall–Kier alpha value is -2.07. The molecular weight excluding hydrogens is 280 g/mol. The van der Waals surface area contributed by atoms with Gasteiger partial charge in [0.05, 0.1) is 23.8 Å². The summed E-state index contributed by atoms with van der Waals surface area (Å²) in [6.45, 7) is 4.39. The van der Waals surface area contributed by atoms with Gasteiger partial charge in [-0.15, -0.1) is 0 Å². The molecular formula is C17H18N2OS. The second-order valence-electron chi connectivity index (χ2n) is 5.36. The molecule has 0 saturated heterocycles. The van der Waals surface area contributed by atoms with Crippen LogP contribution in [0.3, 0.4) is 0 Å². The zero-order valence-electron chi connectivity index (χ0n) is 12.4. The van der Waals surface area contributed by atoms with E-state index >= 15 is 0 Å². The molecule has 21 heavy (non-hydrogen) atoms. The molecule has 1 heterocycles. The molecule has 1 N–H and O–H groups in total. The van der Waals surface area contributed by atoms with Crippen LogP contribution in [0.1, 0.15) is 25.3 Å². The number of aromatic nitrogens is 2. The molecule has 0 saturated carbocycles. The van der Waals surface area contributed by atoms with Crippen LogP contribution < -0.4 is 4.74 Å². The van der Waals surface area contributed by atoms with Gasteiger partial charge in [-0.25, -0.2) is 0 Å². The minimum absolute atomic E-state index is 0.436. The Kier molecular flexibility index (Phi) is 3.55. The lowest BCUT2D eigenvalue weighted by molar-refractivity contribution is 0.415. The van der Waals surface area contributed by atoms with Crippen molar-refractivity contribution in [2.75, 3.05) is 7.11 Å². The lowest BCUT2D eigenvalue weighted by atomic mass is 10.0. The van der Waals surface area contributed by atoms with E-state index in [1.54, 1.807) is 7.11 Å². The number of aromatic amines is 1. The molecule has 0 aliphatic carbocycles. The van der Waals surface area contributed by atoms with E-state index in [4.69, 9.17) is 17.0 Å². The molecule has 0 fully saturated rings. The molecule has 3 rings (SSSR count). The number of rotatable bonds is 3. The Morgan fingerprint density at radius 1 is 1.14 bits per heavy atom. The van der Waals surface area contributed by atoms with Crippen molar-refractivity contribution in [2.45, 2.75) is 19.8 Å². The summed E-state index contributed by atoms with van der Waals surface area (Å²) in [6.07, 6.45) is 0. The quantitative estimate of drug-likeness (QED) is 0.703. The number of fused-ring (bicyclic) bond motifs is 1. The van der Waals surface area contributed by atoms with Gasteiger partial charge >= 0.3 is 0 Å². The summed E-state index contributed by atoms with van der Waals surface area (Å²) in [4.78, 5) is 3.26. The number of hydrogen-bond acceptors (Lipinski definition) is 2. The van der Waals surface area contributed by atoms with Crippen molar-refractivity contribution < 1.29 is 4.74 Å². The van der Waals surface area contributed by atoms with Crippen LogP contribution in [-0.2, 0) is 0 Å². The van der Waals surface area contributed by atoms with Crippen molar-refractivity contribution in [2.24, 2.45) is 0 Å². The monoisotopic (exact) mass is 298 g/mol. The van der Waals surface area contributed by atoms with E-state index in [1.807, 2.05) is 24.3 Å². The van der Waals surface area contributed by atoms with Crippen molar-refractivity contribution in [1.82, 2.24) is 9.55 Å². The topological polar surface area (TPSA) is 29.9 Å². The number of methoxy groups -OCH3 is 1. The molecule has 0 aliphatic rings. The molecule has 4 heteroatoms. The molecule has 0 aliphatic heterocycles. The molecule has 3 aromatic rings. The van der Waals surface area contributed by atoms with Crippen LogP contribution in [0.15, 0.2) is 42.5 Å². The lowest BCUT2D eigenvalue weighted by Crippen LogP contribution is -2.01. The standard InChI is InChI=1S/C17H18N2OS/c1-11(2)13-6-4-5-7-15(13)19-16-9-8-12(20-3)10-14(16)18-17(19)21/h4-11H,1-3H3,(H,18,21). The van der Waals surface area contributed by atoms with Gasteiger partial charge in [-0.05, 0) is 41.9 Å². The molecule has 0 spiro atoms. The van der Waals surface area contributed by atoms with Crippen LogP contribution in [0.25, 0.3) is 16.7 Å². The van der Waals surface area contributed by atoms with Crippen molar-refractivity contribution in [1.29, 1.82) is 0 Å². The molecule has 0 unspecified atom stereocenters. The van der Waals surface area contributed by atoms with Crippen molar-refractivity contribution in [3.8, 4) is 11.4 Å². The van der Waals surface area contributed by atoms with Gasteiger partial charge in [-0.1, -0.05) is 32.0 Å². The number of nitrogens with one attached hydrogen (secondary N) is 1. The SMILES string of the molecule is COc1ccc2c(c1)[nH]c(=S)n2-c1ccccc1C(C)C. The lowest BCUT2D eigenvalue weighted by Gasteiger charge is -2.14. The Balaban J connectivity index is 2.31. The van der Waals surface area contributed by atoms with Gasteiger partial charge in [0.15, 0.2) is 4.77 Å². The maximum atomic E-state index is 5.53. The number of nitrogens with zero attached hydrogens (tertiary/aromatic N) is 1. The van der Waals surface area contributed by atoms with Crippen LogP contribution in [0.5, 0.6) is 5.75 Å².